The lowest BCUT2D eigenvalue weighted by molar-refractivity contribution is 0.0949. The molecule has 2 amide bonds. The molecule has 0 bridgehead atoms. The summed E-state index contributed by atoms with van der Waals surface area (Å²) in [6, 6.07) is 19.2. The second-order valence-electron chi connectivity index (χ2n) is 7.16. The Hall–Kier alpha value is -3.12. The third-order valence-electron chi connectivity index (χ3n) is 5.16. The molecule has 4 rings (SSSR count). The van der Waals surface area contributed by atoms with Crippen molar-refractivity contribution in [3.05, 3.63) is 82.6 Å². The van der Waals surface area contributed by atoms with Crippen LogP contribution in [0.3, 0.4) is 0 Å². The number of para-hydroxylation sites is 2. The highest BCUT2D eigenvalue weighted by atomic mass is 32.1. The van der Waals surface area contributed by atoms with Gasteiger partial charge in [-0.1, -0.05) is 30.3 Å². The first-order valence-corrected chi connectivity index (χ1v) is 10.7. The lowest BCUT2D eigenvalue weighted by atomic mass is 10.1. The molecule has 0 spiro atoms. The normalized spacial score (nSPS) is 15.9. The van der Waals surface area contributed by atoms with E-state index in [0.29, 0.717) is 29.3 Å². The average Bonchev–Trinajstić information content (AvgIpc) is 3.45. The van der Waals surface area contributed by atoms with Crippen molar-refractivity contribution >= 4 is 34.5 Å². The Balaban J connectivity index is 1.35. The number of thiophene rings is 1. The smallest absolute Gasteiger partial charge is 0.256 e. The zero-order chi connectivity index (χ0) is 20.1. The van der Waals surface area contributed by atoms with Gasteiger partial charge in [0.15, 0.2) is 0 Å². The first-order valence-electron chi connectivity index (χ1n) is 9.71. The molecule has 3 aromatic rings. The van der Waals surface area contributed by atoms with E-state index in [2.05, 4.69) is 27.7 Å². The number of anilines is 2. The number of amides is 2. The van der Waals surface area contributed by atoms with Gasteiger partial charge in [0, 0.05) is 30.7 Å². The topological polar surface area (TPSA) is 61.4 Å². The van der Waals surface area contributed by atoms with Crippen LogP contribution >= 0.6 is 11.3 Å². The molecule has 148 valence electrons. The molecule has 1 fully saturated rings. The monoisotopic (exact) mass is 405 g/mol. The minimum Gasteiger partial charge on any atom is -0.371 e. The molecular formula is C23H23N3O2S. The van der Waals surface area contributed by atoms with Crippen molar-refractivity contribution in [2.75, 3.05) is 29.9 Å². The lowest BCUT2D eigenvalue weighted by Crippen LogP contribution is -2.31. The minimum atomic E-state index is -0.208. The van der Waals surface area contributed by atoms with Crippen molar-refractivity contribution in [1.82, 2.24) is 5.32 Å². The van der Waals surface area contributed by atoms with E-state index >= 15 is 0 Å². The highest BCUT2D eigenvalue weighted by Gasteiger charge is 2.23. The summed E-state index contributed by atoms with van der Waals surface area (Å²) in [5.41, 5.74) is 2.83. The molecule has 1 atom stereocenters. The van der Waals surface area contributed by atoms with Gasteiger partial charge in [-0.3, -0.25) is 9.59 Å². The highest BCUT2D eigenvalue weighted by Crippen LogP contribution is 2.23. The molecule has 0 radical (unpaired) electrons. The zero-order valence-corrected chi connectivity index (χ0v) is 16.8. The van der Waals surface area contributed by atoms with Gasteiger partial charge in [-0.05, 0) is 48.1 Å². The standard InChI is InChI=1S/C23H23N3O2S/c27-22(18-11-13-29-16-18)25-21-9-5-4-8-20(21)23(28)24-14-17-10-12-26(15-17)19-6-2-1-3-7-19/h1-9,11,13,16-17H,10,12,14-15H2,(H,24,28)(H,25,27). The second kappa shape index (κ2) is 8.92. The van der Waals surface area contributed by atoms with E-state index in [4.69, 9.17) is 0 Å². The third-order valence-corrected chi connectivity index (χ3v) is 5.84. The number of hydrogen-bond acceptors (Lipinski definition) is 4. The molecule has 1 unspecified atom stereocenters. The number of carbonyl (C=O) groups excluding carboxylic acids is 2. The van der Waals surface area contributed by atoms with E-state index in [1.165, 1.54) is 17.0 Å². The number of nitrogens with one attached hydrogen (secondary N) is 2. The van der Waals surface area contributed by atoms with Gasteiger partial charge < -0.3 is 15.5 Å². The Kier molecular flexibility index (Phi) is 5.91. The van der Waals surface area contributed by atoms with Gasteiger partial charge in [0.1, 0.15) is 0 Å². The van der Waals surface area contributed by atoms with Crippen LogP contribution in [0.2, 0.25) is 0 Å². The predicted molar refractivity (Wildman–Crippen MR) is 118 cm³/mol. The van der Waals surface area contributed by atoms with Gasteiger partial charge in [-0.15, -0.1) is 0 Å². The number of benzene rings is 2. The van der Waals surface area contributed by atoms with Crippen molar-refractivity contribution in [2.45, 2.75) is 6.42 Å². The Labute approximate surface area is 174 Å². The Morgan fingerprint density at radius 3 is 2.59 bits per heavy atom. The molecule has 0 aliphatic carbocycles. The fourth-order valence-corrected chi connectivity index (χ4v) is 4.22. The number of rotatable bonds is 6. The quantitative estimate of drug-likeness (QED) is 0.644. The Morgan fingerprint density at radius 1 is 1.00 bits per heavy atom. The fraction of sp³-hybridized carbons (Fsp3) is 0.217. The van der Waals surface area contributed by atoms with Crippen LogP contribution in [0, 0.1) is 5.92 Å². The van der Waals surface area contributed by atoms with Gasteiger partial charge in [-0.25, -0.2) is 0 Å². The van der Waals surface area contributed by atoms with Crippen LogP contribution in [-0.2, 0) is 0 Å². The maximum atomic E-state index is 12.8. The van der Waals surface area contributed by atoms with Gasteiger partial charge in [0.05, 0.1) is 16.8 Å². The van der Waals surface area contributed by atoms with Crippen molar-refractivity contribution < 1.29 is 9.59 Å². The zero-order valence-electron chi connectivity index (χ0n) is 16.0. The summed E-state index contributed by atoms with van der Waals surface area (Å²) in [7, 11) is 0. The van der Waals surface area contributed by atoms with Crippen LogP contribution < -0.4 is 15.5 Å². The molecule has 29 heavy (non-hydrogen) atoms. The maximum Gasteiger partial charge on any atom is 0.256 e. The minimum absolute atomic E-state index is 0.163. The van der Waals surface area contributed by atoms with Crippen LogP contribution in [0.15, 0.2) is 71.4 Å². The average molecular weight is 406 g/mol. The number of nitrogens with zero attached hydrogens (tertiary/aromatic N) is 1. The summed E-state index contributed by atoms with van der Waals surface area (Å²) in [4.78, 5) is 27.5. The van der Waals surface area contributed by atoms with E-state index in [-0.39, 0.29) is 11.8 Å². The predicted octanol–water partition coefficient (Wildman–Crippen LogP) is 4.26. The molecule has 2 heterocycles. The van der Waals surface area contributed by atoms with Crippen LogP contribution in [-0.4, -0.2) is 31.4 Å². The first-order chi connectivity index (χ1) is 14.2. The van der Waals surface area contributed by atoms with E-state index in [1.807, 2.05) is 35.7 Å². The summed E-state index contributed by atoms with van der Waals surface area (Å²) >= 11 is 1.47. The van der Waals surface area contributed by atoms with E-state index in [1.54, 1.807) is 23.6 Å². The molecule has 1 aromatic heterocycles. The number of hydrogen-bond donors (Lipinski definition) is 2. The molecule has 2 aromatic carbocycles. The SMILES string of the molecule is O=C(Nc1ccccc1C(=O)NCC1CCN(c2ccccc2)C1)c1ccsc1. The number of carbonyl (C=O) groups is 2. The Morgan fingerprint density at radius 2 is 1.79 bits per heavy atom. The maximum absolute atomic E-state index is 12.8. The molecule has 1 saturated heterocycles. The second-order valence-corrected chi connectivity index (χ2v) is 7.94. The van der Waals surface area contributed by atoms with Crippen molar-refractivity contribution in [3.8, 4) is 0 Å². The fourth-order valence-electron chi connectivity index (χ4n) is 3.58. The molecule has 2 N–H and O–H groups in total. The van der Waals surface area contributed by atoms with E-state index < -0.39 is 0 Å². The summed E-state index contributed by atoms with van der Waals surface area (Å²) in [6.07, 6.45) is 1.05. The molecule has 0 saturated carbocycles. The summed E-state index contributed by atoms with van der Waals surface area (Å²) in [6.45, 7) is 2.55. The highest BCUT2D eigenvalue weighted by molar-refractivity contribution is 7.08. The Bertz CT molecular complexity index is 973. The van der Waals surface area contributed by atoms with Gasteiger partial charge in [0.25, 0.3) is 11.8 Å². The van der Waals surface area contributed by atoms with Gasteiger partial charge >= 0.3 is 0 Å². The third kappa shape index (κ3) is 4.66. The largest absolute Gasteiger partial charge is 0.371 e. The van der Waals surface area contributed by atoms with Gasteiger partial charge in [-0.2, -0.15) is 11.3 Å². The van der Waals surface area contributed by atoms with Gasteiger partial charge in [0.2, 0.25) is 0 Å². The molecular weight excluding hydrogens is 382 g/mol. The summed E-state index contributed by atoms with van der Waals surface area (Å²) in [5.74, 6) is 0.0388. The van der Waals surface area contributed by atoms with Crippen LogP contribution in [0.5, 0.6) is 0 Å². The van der Waals surface area contributed by atoms with Crippen LogP contribution in [0.1, 0.15) is 27.1 Å². The molecule has 1 aliphatic rings. The molecule has 5 nitrogen and oxygen atoms in total. The van der Waals surface area contributed by atoms with Crippen LogP contribution in [0.25, 0.3) is 0 Å². The van der Waals surface area contributed by atoms with Crippen molar-refractivity contribution in [3.63, 3.8) is 0 Å². The molecule has 1 aliphatic heterocycles. The first kappa shape index (κ1) is 19.2. The van der Waals surface area contributed by atoms with Crippen molar-refractivity contribution in [2.24, 2.45) is 5.92 Å². The summed E-state index contributed by atoms with van der Waals surface area (Å²) in [5, 5.41) is 9.54. The van der Waals surface area contributed by atoms with Crippen molar-refractivity contribution in [1.29, 1.82) is 0 Å². The lowest BCUT2D eigenvalue weighted by Gasteiger charge is -2.19. The summed E-state index contributed by atoms with van der Waals surface area (Å²) < 4.78 is 0. The van der Waals surface area contributed by atoms with E-state index in [9.17, 15) is 9.59 Å². The van der Waals surface area contributed by atoms with E-state index in [0.717, 1.165) is 19.5 Å². The molecule has 6 heteroatoms. The van der Waals surface area contributed by atoms with Crippen LogP contribution in [0.4, 0.5) is 11.4 Å².